The molecule has 84 valence electrons. The highest BCUT2D eigenvalue weighted by Crippen LogP contribution is 2.33. The summed E-state index contributed by atoms with van der Waals surface area (Å²) in [6, 6.07) is 6.33. The minimum absolute atomic E-state index is 0.807. The van der Waals surface area contributed by atoms with Crippen LogP contribution in [0.25, 0.3) is 5.70 Å². The minimum Gasteiger partial charge on any atom is -0.390 e. The van der Waals surface area contributed by atoms with Gasteiger partial charge in [0.05, 0.1) is 6.54 Å². The number of benzene rings is 1. The maximum Gasteiger partial charge on any atom is 0.0574 e. The fraction of sp³-hybridized carbons (Fsp3) is 0.231. The van der Waals surface area contributed by atoms with Crippen molar-refractivity contribution in [2.45, 2.75) is 6.54 Å². The molecular formula is C13H15BrN2. The summed E-state index contributed by atoms with van der Waals surface area (Å²) < 4.78 is 1.12. The number of rotatable bonds is 3. The average molecular weight is 279 g/mol. The standard InChI is InChI=1S/C13H15BrN2/c1-9(15-3)7-16-8-11-6-12(14)4-5-13(11)10(16)2/h4-6,15H,1-2,7-8H2,3H3. The molecule has 0 amide bonds. The first-order chi connectivity index (χ1) is 7.61. The van der Waals surface area contributed by atoms with Crippen LogP contribution in [-0.4, -0.2) is 18.5 Å². The molecule has 0 saturated heterocycles. The Kier molecular flexibility index (Phi) is 3.06. The molecule has 0 unspecified atom stereocenters. The van der Waals surface area contributed by atoms with Gasteiger partial charge in [0, 0.05) is 35.0 Å². The zero-order chi connectivity index (χ0) is 11.7. The lowest BCUT2D eigenvalue weighted by Crippen LogP contribution is -2.23. The fourth-order valence-electron chi connectivity index (χ4n) is 1.91. The summed E-state index contributed by atoms with van der Waals surface area (Å²) in [4.78, 5) is 2.23. The van der Waals surface area contributed by atoms with Gasteiger partial charge in [0.2, 0.25) is 0 Å². The topological polar surface area (TPSA) is 15.3 Å². The molecule has 0 saturated carbocycles. The van der Waals surface area contributed by atoms with E-state index in [4.69, 9.17) is 0 Å². The molecule has 1 aromatic rings. The maximum atomic E-state index is 4.14. The van der Waals surface area contributed by atoms with Crippen LogP contribution in [-0.2, 0) is 6.54 Å². The first-order valence-corrected chi connectivity index (χ1v) is 5.99. The predicted molar refractivity (Wildman–Crippen MR) is 71.8 cm³/mol. The number of hydrogen-bond donors (Lipinski definition) is 1. The molecule has 1 N–H and O–H groups in total. The molecule has 1 aliphatic rings. The van der Waals surface area contributed by atoms with Crippen molar-refractivity contribution >= 4 is 21.6 Å². The summed E-state index contributed by atoms with van der Waals surface area (Å²) in [5, 5.41) is 3.06. The number of hydrogen-bond acceptors (Lipinski definition) is 2. The first-order valence-electron chi connectivity index (χ1n) is 5.20. The van der Waals surface area contributed by atoms with Crippen molar-refractivity contribution in [3.8, 4) is 0 Å². The highest BCUT2D eigenvalue weighted by Gasteiger charge is 2.22. The molecular weight excluding hydrogens is 264 g/mol. The summed E-state index contributed by atoms with van der Waals surface area (Å²) in [6.45, 7) is 9.80. The third-order valence-corrected chi connectivity index (χ3v) is 3.35. The van der Waals surface area contributed by atoms with Gasteiger partial charge in [0.25, 0.3) is 0 Å². The molecule has 0 radical (unpaired) electrons. The van der Waals surface area contributed by atoms with E-state index >= 15 is 0 Å². The van der Waals surface area contributed by atoms with Gasteiger partial charge in [0.15, 0.2) is 0 Å². The van der Waals surface area contributed by atoms with Crippen molar-refractivity contribution in [2.75, 3.05) is 13.6 Å². The van der Waals surface area contributed by atoms with E-state index in [0.717, 1.165) is 29.0 Å². The molecule has 16 heavy (non-hydrogen) atoms. The van der Waals surface area contributed by atoms with Crippen LogP contribution >= 0.6 is 15.9 Å². The van der Waals surface area contributed by atoms with Crippen molar-refractivity contribution in [3.05, 3.63) is 52.7 Å². The summed E-state index contributed by atoms with van der Waals surface area (Å²) in [5.41, 5.74) is 4.65. The van der Waals surface area contributed by atoms with Crippen molar-refractivity contribution < 1.29 is 0 Å². The highest BCUT2D eigenvalue weighted by molar-refractivity contribution is 9.10. The third kappa shape index (κ3) is 2.00. The van der Waals surface area contributed by atoms with Crippen LogP contribution in [0.5, 0.6) is 0 Å². The van der Waals surface area contributed by atoms with E-state index in [9.17, 15) is 0 Å². The molecule has 0 aliphatic carbocycles. The molecule has 3 heteroatoms. The van der Waals surface area contributed by atoms with E-state index in [-0.39, 0.29) is 0 Å². The molecule has 1 heterocycles. The maximum absolute atomic E-state index is 4.14. The molecule has 2 rings (SSSR count). The Hall–Kier alpha value is -1.22. The second kappa shape index (κ2) is 4.34. The average Bonchev–Trinajstić information content (AvgIpc) is 2.55. The lowest BCUT2D eigenvalue weighted by Gasteiger charge is -2.20. The van der Waals surface area contributed by atoms with Gasteiger partial charge >= 0.3 is 0 Å². The van der Waals surface area contributed by atoms with Crippen LogP contribution in [0.3, 0.4) is 0 Å². The lowest BCUT2D eigenvalue weighted by atomic mass is 10.1. The SMILES string of the molecule is C=C(CN1Cc2cc(Br)ccc2C1=C)NC. The smallest absolute Gasteiger partial charge is 0.0574 e. The number of nitrogens with zero attached hydrogens (tertiary/aromatic N) is 1. The summed E-state index contributed by atoms with van der Waals surface area (Å²) >= 11 is 3.49. The second-order valence-corrected chi connectivity index (χ2v) is 4.87. The Morgan fingerprint density at radius 1 is 1.56 bits per heavy atom. The normalized spacial score (nSPS) is 13.9. The minimum atomic E-state index is 0.807. The molecule has 0 spiro atoms. The van der Waals surface area contributed by atoms with Crippen LogP contribution in [0.4, 0.5) is 0 Å². The Balaban J connectivity index is 2.20. The Labute approximate surface area is 105 Å². The molecule has 0 aromatic heterocycles. The van der Waals surface area contributed by atoms with Gasteiger partial charge in [-0.2, -0.15) is 0 Å². The molecule has 1 aliphatic heterocycles. The van der Waals surface area contributed by atoms with Gasteiger partial charge in [-0.25, -0.2) is 0 Å². The van der Waals surface area contributed by atoms with Crippen molar-refractivity contribution in [1.29, 1.82) is 0 Å². The van der Waals surface area contributed by atoms with Crippen molar-refractivity contribution in [1.82, 2.24) is 10.2 Å². The molecule has 0 atom stereocenters. The van der Waals surface area contributed by atoms with Gasteiger partial charge in [-0.05, 0) is 17.7 Å². The zero-order valence-corrected chi connectivity index (χ0v) is 11.0. The lowest BCUT2D eigenvalue weighted by molar-refractivity contribution is 0.437. The van der Waals surface area contributed by atoms with E-state index in [1.165, 1.54) is 11.1 Å². The van der Waals surface area contributed by atoms with Gasteiger partial charge in [-0.1, -0.05) is 35.2 Å². The predicted octanol–water partition coefficient (Wildman–Crippen LogP) is 2.97. The number of fused-ring (bicyclic) bond motifs is 1. The summed E-state index contributed by atoms with van der Waals surface area (Å²) in [6.07, 6.45) is 0. The summed E-state index contributed by atoms with van der Waals surface area (Å²) in [5.74, 6) is 0. The quantitative estimate of drug-likeness (QED) is 0.915. The Bertz CT molecular complexity index is 451. The van der Waals surface area contributed by atoms with E-state index in [0.29, 0.717) is 0 Å². The van der Waals surface area contributed by atoms with Crippen molar-refractivity contribution in [2.24, 2.45) is 0 Å². The van der Waals surface area contributed by atoms with E-state index in [2.05, 4.69) is 57.5 Å². The third-order valence-electron chi connectivity index (χ3n) is 2.86. The van der Waals surface area contributed by atoms with Gasteiger partial charge in [-0.15, -0.1) is 0 Å². The zero-order valence-electron chi connectivity index (χ0n) is 9.39. The van der Waals surface area contributed by atoms with Crippen LogP contribution in [0.1, 0.15) is 11.1 Å². The number of likely N-dealkylation sites (N-methyl/N-ethyl adjacent to an activating group) is 1. The molecule has 1 aromatic carbocycles. The number of halogens is 1. The Morgan fingerprint density at radius 3 is 3.00 bits per heavy atom. The molecule has 0 bridgehead atoms. The second-order valence-electron chi connectivity index (χ2n) is 3.96. The van der Waals surface area contributed by atoms with Gasteiger partial charge in [-0.3, -0.25) is 0 Å². The van der Waals surface area contributed by atoms with Crippen LogP contribution in [0.15, 0.2) is 41.5 Å². The van der Waals surface area contributed by atoms with Crippen LogP contribution in [0.2, 0.25) is 0 Å². The van der Waals surface area contributed by atoms with Crippen LogP contribution in [0, 0.1) is 0 Å². The number of nitrogens with one attached hydrogen (secondary N) is 1. The van der Waals surface area contributed by atoms with Crippen molar-refractivity contribution in [3.63, 3.8) is 0 Å². The molecule has 2 nitrogen and oxygen atoms in total. The van der Waals surface area contributed by atoms with Gasteiger partial charge in [0.1, 0.15) is 0 Å². The summed E-state index contributed by atoms with van der Waals surface area (Å²) in [7, 11) is 1.89. The monoisotopic (exact) mass is 278 g/mol. The van der Waals surface area contributed by atoms with E-state index < -0.39 is 0 Å². The van der Waals surface area contributed by atoms with E-state index in [1.807, 2.05) is 7.05 Å². The van der Waals surface area contributed by atoms with Gasteiger partial charge < -0.3 is 10.2 Å². The highest BCUT2D eigenvalue weighted by atomic mass is 79.9. The van der Waals surface area contributed by atoms with E-state index in [1.54, 1.807) is 0 Å². The van der Waals surface area contributed by atoms with Crippen LogP contribution < -0.4 is 5.32 Å². The fourth-order valence-corrected chi connectivity index (χ4v) is 2.32. The first kappa shape index (κ1) is 11.3. The molecule has 0 fully saturated rings. The Morgan fingerprint density at radius 2 is 2.31 bits per heavy atom. The largest absolute Gasteiger partial charge is 0.390 e.